The van der Waals surface area contributed by atoms with Crippen molar-refractivity contribution in [2.45, 2.75) is 33.4 Å². The summed E-state index contributed by atoms with van der Waals surface area (Å²) in [5.74, 6) is 0.487. The molecule has 6 nitrogen and oxygen atoms in total. The van der Waals surface area contributed by atoms with Crippen LogP contribution in [-0.4, -0.2) is 27.5 Å². The van der Waals surface area contributed by atoms with Crippen molar-refractivity contribution in [2.24, 2.45) is 5.92 Å². The number of hydrogen-bond donors (Lipinski definition) is 3. The average Bonchev–Trinajstić information content (AvgIpc) is 2.91. The summed E-state index contributed by atoms with van der Waals surface area (Å²) in [4.78, 5) is 11.9. The van der Waals surface area contributed by atoms with Gasteiger partial charge in [-0.05, 0) is 24.0 Å². The fourth-order valence-corrected chi connectivity index (χ4v) is 2.34. The van der Waals surface area contributed by atoms with Gasteiger partial charge in [-0.15, -0.1) is 0 Å². The van der Waals surface area contributed by atoms with Crippen molar-refractivity contribution in [3.05, 3.63) is 47.8 Å². The minimum absolute atomic E-state index is 0.150. The molecule has 0 fully saturated rings. The van der Waals surface area contributed by atoms with Crippen LogP contribution in [0.4, 0.5) is 10.5 Å². The van der Waals surface area contributed by atoms with E-state index in [2.05, 4.69) is 29.6 Å². The van der Waals surface area contributed by atoms with Crippen LogP contribution in [0.3, 0.4) is 0 Å². The van der Waals surface area contributed by atoms with Crippen LogP contribution in [0.15, 0.2) is 36.7 Å². The lowest BCUT2D eigenvalue weighted by atomic mass is 10.0. The van der Waals surface area contributed by atoms with E-state index in [1.165, 1.54) is 0 Å². The molecule has 1 aromatic carbocycles. The van der Waals surface area contributed by atoms with E-state index in [0.717, 1.165) is 17.7 Å². The average molecular weight is 316 g/mol. The first kappa shape index (κ1) is 17.0. The molecule has 1 unspecified atom stereocenters. The number of benzene rings is 1. The number of hydrogen-bond acceptors (Lipinski definition) is 3. The number of nitrogens with one attached hydrogen (secondary N) is 2. The molecule has 1 heterocycles. The second-order valence-corrected chi connectivity index (χ2v) is 6.05. The lowest BCUT2D eigenvalue weighted by molar-refractivity contribution is 0.174. The Balaban J connectivity index is 1.83. The molecule has 0 saturated carbocycles. The van der Waals surface area contributed by atoms with Crippen LogP contribution >= 0.6 is 0 Å². The minimum atomic E-state index is -0.731. The van der Waals surface area contributed by atoms with Crippen LogP contribution in [0, 0.1) is 12.8 Å². The van der Waals surface area contributed by atoms with Gasteiger partial charge in [-0.3, -0.25) is 4.68 Å². The van der Waals surface area contributed by atoms with Gasteiger partial charge in [0.1, 0.15) is 0 Å². The summed E-state index contributed by atoms with van der Waals surface area (Å²) in [6, 6.07) is 7.22. The van der Waals surface area contributed by atoms with Crippen molar-refractivity contribution < 1.29 is 9.90 Å². The molecule has 2 rings (SSSR count). The number of aliphatic hydroxyl groups excluding tert-OH is 1. The first-order valence-electron chi connectivity index (χ1n) is 7.76. The predicted molar refractivity (Wildman–Crippen MR) is 90.2 cm³/mol. The molecule has 2 amide bonds. The second-order valence-electron chi connectivity index (χ2n) is 6.05. The molecule has 0 bridgehead atoms. The van der Waals surface area contributed by atoms with Gasteiger partial charge in [-0.1, -0.05) is 38.1 Å². The van der Waals surface area contributed by atoms with Gasteiger partial charge in [0.05, 0.1) is 18.0 Å². The largest absolute Gasteiger partial charge is 0.387 e. The smallest absolute Gasteiger partial charge is 0.319 e. The number of aryl methyl sites for hydroxylation is 1. The van der Waals surface area contributed by atoms with Crippen molar-refractivity contribution in [3.8, 4) is 0 Å². The van der Waals surface area contributed by atoms with E-state index in [4.69, 9.17) is 0 Å². The minimum Gasteiger partial charge on any atom is -0.387 e. The lowest BCUT2D eigenvalue weighted by Crippen LogP contribution is -2.32. The van der Waals surface area contributed by atoms with E-state index < -0.39 is 6.10 Å². The van der Waals surface area contributed by atoms with Gasteiger partial charge in [0.25, 0.3) is 0 Å². The van der Waals surface area contributed by atoms with Crippen molar-refractivity contribution in [1.82, 2.24) is 15.1 Å². The Morgan fingerprint density at radius 1 is 1.35 bits per heavy atom. The quantitative estimate of drug-likeness (QED) is 0.766. The summed E-state index contributed by atoms with van der Waals surface area (Å²) >= 11 is 0. The molecule has 0 aliphatic heterocycles. The van der Waals surface area contributed by atoms with E-state index >= 15 is 0 Å². The van der Waals surface area contributed by atoms with E-state index in [1.54, 1.807) is 17.1 Å². The van der Waals surface area contributed by atoms with Gasteiger partial charge < -0.3 is 15.7 Å². The number of amides is 2. The monoisotopic (exact) mass is 316 g/mol. The molecule has 23 heavy (non-hydrogen) atoms. The third kappa shape index (κ3) is 5.10. The summed E-state index contributed by atoms with van der Waals surface area (Å²) in [6.07, 6.45) is 2.67. The molecule has 0 radical (unpaired) electrons. The van der Waals surface area contributed by atoms with E-state index in [0.29, 0.717) is 11.6 Å². The highest BCUT2D eigenvalue weighted by molar-refractivity contribution is 5.88. The van der Waals surface area contributed by atoms with Crippen molar-refractivity contribution in [3.63, 3.8) is 0 Å². The van der Waals surface area contributed by atoms with Gasteiger partial charge in [-0.2, -0.15) is 5.10 Å². The third-order valence-electron chi connectivity index (χ3n) is 3.45. The molecule has 0 spiro atoms. The fraction of sp³-hybridized carbons (Fsp3) is 0.412. The zero-order chi connectivity index (χ0) is 16.8. The molecular formula is C17H24N4O2. The molecule has 6 heteroatoms. The number of rotatable bonds is 6. The maximum absolute atomic E-state index is 11.9. The third-order valence-corrected chi connectivity index (χ3v) is 3.45. The Labute approximate surface area is 136 Å². The number of carbonyl (C=O) groups excluding carboxylic acids is 1. The van der Waals surface area contributed by atoms with E-state index in [-0.39, 0.29) is 12.6 Å². The molecule has 1 atom stereocenters. The zero-order valence-corrected chi connectivity index (χ0v) is 13.8. The van der Waals surface area contributed by atoms with Crippen LogP contribution in [0.25, 0.3) is 0 Å². The maximum Gasteiger partial charge on any atom is 0.319 e. The van der Waals surface area contributed by atoms with Crippen LogP contribution in [0.1, 0.15) is 31.1 Å². The molecule has 0 aliphatic carbocycles. The van der Waals surface area contributed by atoms with Crippen LogP contribution < -0.4 is 10.6 Å². The topological polar surface area (TPSA) is 79.2 Å². The maximum atomic E-state index is 11.9. The number of carbonyl (C=O) groups is 1. The van der Waals surface area contributed by atoms with Gasteiger partial charge >= 0.3 is 6.03 Å². The highest BCUT2D eigenvalue weighted by atomic mass is 16.3. The van der Waals surface area contributed by atoms with Crippen LogP contribution in [0.5, 0.6) is 0 Å². The van der Waals surface area contributed by atoms with E-state index in [9.17, 15) is 9.90 Å². The second kappa shape index (κ2) is 7.78. The lowest BCUT2D eigenvalue weighted by Gasteiger charge is -2.14. The molecule has 0 aliphatic rings. The number of aliphatic hydroxyl groups is 1. The van der Waals surface area contributed by atoms with Crippen molar-refractivity contribution in [1.29, 1.82) is 0 Å². The summed E-state index contributed by atoms with van der Waals surface area (Å²) < 4.78 is 1.79. The Morgan fingerprint density at radius 3 is 2.78 bits per heavy atom. The first-order chi connectivity index (χ1) is 11.0. The zero-order valence-electron chi connectivity index (χ0n) is 13.8. The highest BCUT2D eigenvalue weighted by Crippen LogP contribution is 2.16. The molecule has 124 valence electrons. The van der Waals surface area contributed by atoms with Crippen LogP contribution in [-0.2, 0) is 6.54 Å². The Hall–Kier alpha value is -2.34. The number of anilines is 1. The summed E-state index contributed by atoms with van der Waals surface area (Å²) in [5, 5.41) is 19.7. The highest BCUT2D eigenvalue weighted by Gasteiger charge is 2.12. The van der Waals surface area contributed by atoms with Gasteiger partial charge in [0.15, 0.2) is 0 Å². The first-order valence-corrected chi connectivity index (χ1v) is 7.76. The number of urea groups is 1. The normalized spacial score (nSPS) is 12.2. The molecular weight excluding hydrogens is 292 g/mol. The summed E-state index contributed by atoms with van der Waals surface area (Å²) in [6.45, 7) is 7.09. The SMILES string of the molecule is Cc1ccccc1C(O)CNC(=O)Nc1cnn(CC(C)C)c1. The molecule has 0 saturated heterocycles. The Bertz CT molecular complexity index is 652. The predicted octanol–water partition coefficient (Wildman–Crippen LogP) is 2.70. The number of aromatic nitrogens is 2. The standard InChI is InChI=1S/C17H24N4O2/c1-12(2)10-21-11-14(8-19-21)20-17(23)18-9-16(22)15-7-5-4-6-13(15)3/h4-8,11-12,16,22H,9-10H2,1-3H3,(H2,18,20,23). The Morgan fingerprint density at radius 2 is 2.09 bits per heavy atom. The molecule has 2 aromatic rings. The Kier molecular flexibility index (Phi) is 5.76. The van der Waals surface area contributed by atoms with Crippen molar-refractivity contribution in [2.75, 3.05) is 11.9 Å². The molecule has 3 N–H and O–H groups in total. The fourth-order valence-electron chi connectivity index (χ4n) is 2.34. The van der Waals surface area contributed by atoms with Gasteiger partial charge in [0.2, 0.25) is 0 Å². The van der Waals surface area contributed by atoms with E-state index in [1.807, 2.05) is 31.2 Å². The summed E-state index contributed by atoms with van der Waals surface area (Å²) in [5.41, 5.74) is 2.45. The molecule has 1 aromatic heterocycles. The number of nitrogens with zero attached hydrogens (tertiary/aromatic N) is 2. The van der Waals surface area contributed by atoms with Crippen molar-refractivity contribution >= 4 is 11.7 Å². The van der Waals surface area contributed by atoms with Gasteiger partial charge in [0, 0.05) is 19.3 Å². The summed E-state index contributed by atoms with van der Waals surface area (Å²) in [7, 11) is 0. The van der Waals surface area contributed by atoms with Crippen LogP contribution in [0.2, 0.25) is 0 Å². The van der Waals surface area contributed by atoms with Gasteiger partial charge in [-0.25, -0.2) is 4.79 Å².